The lowest BCUT2D eigenvalue weighted by Crippen LogP contribution is -1.98. The number of aryl methyl sites for hydroxylation is 2. The molecule has 3 aromatic rings. The molecule has 1 unspecified atom stereocenters. The number of rotatable bonds is 2. The third-order valence-electron chi connectivity index (χ3n) is 4.23. The van der Waals surface area contributed by atoms with E-state index in [1.54, 1.807) is 11.3 Å². The van der Waals surface area contributed by atoms with Crippen LogP contribution in [0.1, 0.15) is 33.4 Å². The van der Waals surface area contributed by atoms with Crippen molar-refractivity contribution >= 4 is 33.7 Å². The van der Waals surface area contributed by atoms with Crippen molar-refractivity contribution in [1.29, 1.82) is 0 Å². The molecule has 0 radical (unpaired) electrons. The Kier molecular flexibility index (Phi) is 3.26. The van der Waals surface area contributed by atoms with Crippen LogP contribution in [-0.2, 0) is 12.8 Å². The largest absolute Gasteiger partial charge is 0.383 e. The van der Waals surface area contributed by atoms with Gasteiger partial charge in [0.25, 0.3) is 0 Å². The van der Waals surface area contributed by atoms with Crippen molar-refractivity contribution in [1.82, 2.24) is 0 Å². The van der Waals surface area contributed by atoms with Gasteiger partial charge in [0.15, 0.2) is 0 Å². The Morgan fingerprint density at radius 1 is 1.05 bits per heavy atom. The van der Waals surface area contributed by atoms with Crippen molar-refractivity contribution < 1.29 is 5.11 Å². The van der Waals surface area contributed by atoms with Gasteiger partial charge in [-0.1, -0.05) is 41.9 Å². The van der Waals surface area contributed by atoms with Crippen molar-refractivity contribution in [2.45, 2.75) is 25.4 Å². The van der Waals surface area contributed by atoms with E-state index in [1.807, 2.05) is 36.4 Å². The SMILES string of the molecule is OC(c1cc2c(s1)CCC2)c1ccc(Cl)c2ccccc12. The predicted octanol–water partition coefficient (Wildman–Crippen LogP) is 5.13. The van der Waals surface area contributed by atoms with Crippen LogP contribution in [0.5, 0.6) is 0 Å². The first kappa shape index (κ1) is 13.3. The maximum Gasteiger partial charge on any atom is 0.114 e. The fourth-order valence-corrected chi connectivity index (χ4v) is 4.65. The summed E-state index contributed by atoms with van der Waals surface area (Å²) in [6.07, 6.45) is 3.00. The highest BCUT2D eigenvalue weighted by Gasteiger charge is 2.21. The number of hydrogen-bond acceptors (Lipinski definition) is 2. The molecule has 3 heteroatoms. The number of aliphatic hydroxyl groups is 1. The minimum absolute atomic E-state index is 0.567. The molecular weight excluding hydrogens is 300 g/mol. The number of hydrogen-bond donors (Lipinski definition) is 1. The van der Waals surface area contributed by atoms with E-state index in [9.17, 15) is 5.11 Å². The summed E-state index contributed by atoms with van der Waals surface area (Å²) < 4.78 is 0. The smallest absolute Gasteiger partial charge is 0.114 e. The van der Waals surface area contributed by atoms with Crippen LogP contribution in [0.25, 0.3) is 10.8 Å². The summed E-state index contributed by atoms with van der Waals surface area (Å²) in [6.45, 7) is 0. The second kappa shape index (κ2) is 5.13. The Labute approximate surface area is 132 Å². The molecule has 1 N–H and O–H groups in total. The van der Waals surface area contributed by atoms with Gasteiger partial charge in [0.2, 0.25) is 0 Å². The molecule has 1 heterocycles. The quantitative estimate of drug-likeness (QED) is 0.695. The first-order valence-corrected chi connectivity index (χ1v) is 8.40. The fourth-order valence-electron chi connectivity index (χ4n) is 3.16. The molecule has 1 aliphatic rings. The van der Waals surface area contributed by atoms with E-state index in [0.717, 1.165) is 39.1 Å². The molecular formula is C18H15ClOS. The summed E-state index contributed by atoms with van der Waals surface area (Å²) in [6, 6.07) is 14.0. The molecule has 1 aliphatic carbocycles. The summed E-state index contributed by atoms with van der Waals surface area (Å²) in [5, 5.41) is 13.6. The molecule has 0 amide bonds. The van der Waals surface area contributed by atoms with Gasteiger partial charge in [-0.15, -0.1) is 11.3 Å². The highest BCUT2D eigenvalue weighted by atomic mass is 35.5. The first-order valence-electron chi connectivity index (χ1n) is 7.21. The van der Waals surface area contributed by atoms with Gasteiger partial charge in [0, 0.05) is 20.2 Å². The van der Waals surface area contributed by atoms with Gasteiger partial charge in [-0.25, -0.2) is 0 Å². The molecule has 4 rings (SSSR count). The van der Waals surface area contributed by atoms with Crippen LogP contribution in [0.15, 0.2) is 42.5 Å². The van der Waals surface area contributed by atoms with Crippen LogP contribution in [0.4, 0.5) is 0 Å². The summed E-state index contributed by atoms with van der Waals surface area (Å²) in [4.78, 5) is 2.49. The lowest BCUT2D eigenvalue weighted by atomic mass is 9.99. The summed E-state index contributed by atoms with van der Waals surface area (Å²) in [7, 11) is 0. The average molecular weight is 315 g/mol. The van der Waals surface area contributed by atoms with Gasteiger partial charge in [-0.2, -0.15) is 0 Å². The van der Waals surface area contributed by atoms with Crippen molar-refractivity contribution in [2.24, 2.45) is 0 Å². The number of thiophene rings is 1. The maximum absolute atomic E-state index is 10.8. The van der Waals surface area contributed by atoms with Gasteiger partial charge in [-0.3, -0.25) is 0 Å². The predicted molar refractivity (Wildman–Crippen MR) is 89.4 cm³/mol. The Bertz CT molecular complexity index is 800. The van der Waals surface area contributed by atoms with E-state index in [0.29, 0.717) is 0 Å². The molecule has 1 nitrogen and oxygen atoms in total. The van der Waals surface area contributed by atoms with Crippen LogP contribution in [0.3, 0.4) is 0 Å². The van der Waals surface area contributed by atoms with Crippen LogP contribution in [0.2, 0.25) is 5.02 Å². The van der Waals surface area contributed by atoms with Gasteiger partial charge < -0.3 is 5.11 Å². The highest BCUT2D eigenvalue weighted by Crippen LogP contribution is 2.38. The number of halogens is 1. The van der Waals surface area contributed by atoms with Gasteiger partial charge in [-0.05, 0) is 47.9 Å². The summed E-state index contributed by atoms with van der Waals surface area (Å²) in [5.74, 6) is 0. The van der Waals surface area contributed by atoms with Crippen molar-refractivity contribution in [2.75, 3.05) is 0 Å². The number of benzene rings is 2. The molecule has 0 bridgehead atoms. The van der Waals surface area contributed by atoms with E-state index < -0.39 is 6.10 Å². The van der Waals surface area contributed by atoms with Gasteiger partial charge in [0.1, 0.15) is 6.10 Å². The van der Waals surface area contributed by atoms with Crippen molar-refractivity contribution in [3.05, 3.63) is 68.4 Å². The van der Waals surface area contributed by atoms with Crippen LogP contribution < -0.4 is 0 Å². The highest BCUT2D eigenvalue weighted by molar-refractivity contribution is 7.12. The van der Waals surface area contributed by atoms with Crippen LogP contribution >= 0.6 is 22.9 Å². The average Bonchev–Trinajstić information content (AvgIpc) is 3.08. The second-order valence-electron chi connectivity index (χ2n) is 5.54. The molecule has 1 atom stereocenters. The zero-order valence-electron chi connectivity index (χ0n) is 11.5. The Morgan fingerprint density at radius 3 is 2.67 bits per heavy atom. The monoisotopic (exact) mass is 314 g/mol. The lowest BCUT2D eigenvalue weighted by Gasteiger charge is -2.13. The summed E-state index contributed by atoms with van der Waals surface area (Å²) >= 11 is 8.02. The van der Waals surface area contributed by atoms with E-state index in [4.69, 9.17) is 11.6 Å². The standard InChI is InChI=1S/C18H15ClOS/c19-15-9-8-14(12-5-1-2-6-13(12)15)18(20)17-10-11-4-3-7-16(11)21-17/h1-2,5-6,8-10,18,20H,3-4,7H2. The first-order chi connectivity index (χ1) is 10.2. The van der Waals surface area contributed by atoms with Crippen molar-refractivity contribution in [3.63, 3.8) is 0 Å². The maximum atomic E-state index is 10.8. The van der Waals surface area contributed by atoms with Crippen LogP contribution in [-0.4, -0.2) is 5.11 Å². The third-order valence-corrected chi connectivity index (χ3v) is 5.85. The molecule has 0 spiro atoms. The zero-order chi connectivity index (χ0) is 14.4. The minimum atomic E-state index is -0.567. The molecule has 0 aliphatic heterocycles. The lowest BCUT2D eigenvalue weighted by molar-refractivity contribution is 0.225. The molecule has 0 saturated heterocycles. The van der Waals surface area contributed by atoms with Gasteiger partial charge in [0.05, 0.1) is 0 Å². The van der Waals surface area contributed by atoms with E-state index in [-0.39, 0.29) is 0 Å². The molecule has 0 saturated carbocycles. The Balaban J connectivity index is 1.83. The van der Waals surface area contributed by atoms with Crippen molar-refractivity contribution in [3.8, 4) is 0 Å². The normalized spacial score (nSPS) is 15.3. The second-order valence-corrected chi connectivity index (χ2v) is 7.11. The number of aliphatic hydroxyl groups excluding tert-OH is 1. The van der Waals surface area contributed by atoms with Crippen LogP contribution in [0, 0.1) is 0 Å². The van der Waals surface area contributed by atoms with Gasteiger partial charge >= 0.3 is 0 Å². The number of fused-ring (bicyclic) bond motifs is 2. The molecule has 1 aromatic heterocycles. The molecule has 0 fully saturated rings. The molecule has 21 heavy (non-hydrogen) atoms. The third kappa shape index (κ3) is 2.18. The van der Waals surface area contributed by atoms with E-state index >= 15 is 0 Å². The topological polar surface area (TPSA) is 20.2 Å². The van der Waals surface area contributed by atoms with E-state index in [1.165, 1.54) is 16.9 Å². The van der Waals surface area contributed by atoms with E-state index in [2.05, 4.69) is 6.07 Å². The fraction of sp³-hybridized carbons (Fsp3) is 0.222. The molecule has 2 aromatic carbocycles. The zero-order valence-corrected chi connectivity index (χ0v) is 13.0. The minimum Gasteiger partial charge on any atom is -0.383 e. The Hall–Kier alpha value is -1.35. The Morgan fingerprint density at radius 2 is 1.86 bits per heavy atom. The summed E-state index contributed by atoms with van der Waals surface area (Å²) in [5.41, 5.74) is 2.36. The molecule has 106 valence electrons.